The number of benzene rings is 1. The van der Waals surface area contributed by atoms with Gasteiger partial charge in [-0.25, -0.2) is 0 Å². The Balaban J connectivity index is 2.11. The zero-order chi connectivity index (χ0) is 13.1. The van der Waals surface area contributed by atoms with E-state index in [1.54, 1.807) is 36.1 Å². The number of carbonyl (C=O) groups is 1. The molecular formula is C14H16N2O2. The van der Waals surface area contributed by atoms with E-state index in [9.17, 15) is 9.90 Å². The molecule has 1 aromatic carbocycles. The molecule has 1 aliphatic rings. The minimum absolute atomic E-state index is 0.0600. The predicted molar refractivity (Wildman–Crippen MR) is 66.8 cm³/mol. The summed E-state index contributed by atoms with van der Waals surface area (Å²) in [7, 11) is 0. The van der Waals surface area contributed by atoms with Crippen LogP contribution in [0.4, 0.5) is 0 Å². The molecule has 1 saturated heterocycles. The van der Waals surface area contributed by atoms with Gasteiger partial charge in [-0.2, -0.15) is 5.26 Å². The van der Waals surface area contributed by atoms with Gasteiger partial charge in [0.2, 0.25) is 0 Å². The van der Waals surface area contributed by atoms with E-state index < -0.39 is 0 Å². The van der Waals surface area contributed by atoms with Gasteiger partial charge in [0.05, 0.1) is 17.7 Å². The van der Waals surface area contributed by atoms with Gasteiger partial charge in [-0.1, -0.05) is 6.07 Å². The van der Waals surface area contributed by atoms with Crippen LogP contribution in [-0.4, -0.2) is 35.1 Å². The van der Waals surface area contributed by atoms with Crippen molar-refractivity contribution in [1.82, 2.24) is 4.90 Å². The van der Waals surface area contributed by atoms with Crippen molar-refractivity contribution in [3.8, 4) is 6.07 Å². The lowest BCUT2D eigenvalue weighted by Gasteiger charge is -2.17. The number of hydrogen-bond donors (Lipinski definition) is 1. The molecule has 1 aromatic rings. The van der Waals surface area contributed by atoms with Crippen LogP contribution in [-0.2, 0) is 0 Å². The molecule has 94 valence electrons. The fraction of sp³-hybridized carbons (Fsp3) is 0.429. The van der Waals surface area contributed by atoms with Gasteiger partial charge < -0.3 is 10.0 Å². The monoisotopic (exact) mass is 244 g/mol. The van der Waals surface area contributed by atoms with Crippen LogP contribution >= 0.6 is 0 Å². The molecule has 2 atom stereocenters. The summed E-state index contributed by atoms with van der Waals surface area (Å²) in [6.45, 7) is 3.02. The summed E-state index contributed by atoms with van der Waals surface area (Å²) in [5.74, 6) is 0.100. The van der Waals surface area contributed by atoms with Crippen LogP contribution in [0.2, 0.25) is 0 Å². The Kier molecular flexibility index (Phi) is 3.63. The highest BCUT2D eigenvalue weighted by Gasteiger charge is 2.29. The van der Waals surface area contributed by atoms with Crippen molar-refractivity contribution < 1.29 is 9.90 Å². The standard InChI is InChI=1S/C14H16N2O2/c1-10(17)13-5-6-16(9-13)14(18)12-4-2-3-11(7-12)8-15/h2-4,7,10,13,17H,5-6,9H2,1H3. The van der Waals surface area contributed by atoms with E-state index in [0.29, 0.717) is 24.2 Å². The molecule has 4 heteroatoms. The van der Waals surface area contributed by atoms with Crippen LogP contribution in [0.5, 0.6) is 0 Å². The van der Waals surface area contributed by atoms with Crippen molar-refractivity contribution in [2.24, 2.45) is 5.92 Å². The lowest BCUT2D eigenvalue weighted by Crippen LogP contribution is -2.30. The number of carbonyl (C=O) groups excluding carboxylic acids is 1. The van der Waals surface area contributed by atoms with Gasteiger partial charge in [-0.3, -0.25) is 4.79 Å². The largest absolute Gasteiger partial charge is 0.393 e. The molecule has 1 N–H and O–H groups in total. The summed E-state index contributed by atoms with van der Waals surface area (Å²) in [4.78, 5) is 14.0. The Bertz CT molecular complexity index is 491. The van der Waals surface area contributed by atoms with Crippen LogP contribution in [0, 0.1) is 17.2 Å². The van der Waals surface area contributed by atoms with Crippen LogP contribution in [0.25, 0.3) is 0 Å². The molecule has 0 aliphatic carbocycles. The summed E-state index contributed by atoms with van der Waals surface area (Å²) >= 11 is 0. The highest BCUT2D eigenvalue weighted by atomic mass is 16.3. The van der Waals surface area contributed by atoms with Gasteiger partial charge in [-0.15, -0.1) is 0 Å². The smallest absolute Gasteiger partial charge is 0.253 e. The third kappa shape index (κ3) is 2.52. The van der Waals surface area contributed by atoms with Crippen molar-refractivity contribution in [1.29, 1.82) is 5.26 Å². The summed E-state index contributed by atoms with van der Waals surface area (Å²) in [5.41, 5.74) is 1.03. The fourth-order valence-electron chi connectivity index (χ4n) is 2.27. The van der Waals surface area contributed by atoms with Gasteiger partial charge >= 0.3 is 0 Å². The normalized spacial score (nSPS) is 20.5. The van der Waals surface area contributed by atoms with Crippen molar-refractivity contribution in [3.05, 3.63) is 35.4 Å². The number of aliphatic hydroxyl groups is 1. The Morgan fingerprint density at radius 2 is 2.39 bits per heavy atom. The molecule has 1 fully saturated rings. The second kappa shape index (κ2) is 5.19. The SMILES string of the molecule is CC(O)C1CCN(C(=O)c2cccc(C#N)c2)C1. The van der Waals surface area contributed by atoms with Crippen molar-refractivity contribution in [3.63, 3.8) is 0 Å². The average Bonchev–Trinajstić information content (AvgIpc) is 2.87. The maximum absolute atomic E-state index is 12.2. The maximum atomic E-state index is 12.2. The first-order chi connectivity index (χ1) is 8.61. The number of amides is 1. The van der Waals surface area contributed by atoms with Gasteiger partial charge in [-0.05, 0) is 31.5 Å². The van der Waals surface area contributed by atoms with Crippen molar-refractivity contribution >= 4 is 5.91 Å². The van der Waals surface area contributed by atoms with Crippen molar-refractivity contribution in [2.75, 3.05) is 13.1 Å². The Hall–Kier alpha value is -1.86. The first-order valence-electron chi connectivity index (χ1n) is 6.09. The summed E-state index contributed by atoms with van der Waals surface area (Å²) in [5, 5.41) is 18.3. The molecule has 0 saturated carbocycles. The Morgan fingerprint density at radius 3 is 3.00 bits per heavy atom. The van der Waals surface area contributed by atoms with Crippen LogP contribution in [0.1, 0.15) is 29.3 Å². The van der Waals surface area contributed by atoms with Crippen LogP contribution in [0.15, 0.2) is 24.3 Å². The number of hydrogen-bond acceptors (Lipinski definition) is 3. The number of rotatable bonds is 2. The summed E-state index contributed by atoms with van der Waals surface area (Å²) in [6.07, 6.45) is 0.453. The predicted octanol–water partition coefficient (Wildman–Crippen LogP) is 1.40. The number of likely N-dealkylation sites (tertiary alicyclic amines) is 1. The molecule has 1 amide bonds. The van der Waals surface area contributed by atoms with E-state index in [-0.39, 0.29) is 17.9 Å². The second-order valence-electron chi connectivity index (χ2n) is 4.73. The van der Waals surface area contributed by atoms with Gasteiger partial charge in [0.25, 0.3) is 5.91 Å². The van der Waals surface area contributed by atoms with Crippen molar-refractivity contribution in [2.45, 2.75) is 19.4 Å². The molecule has 18 heavy (non-hydrogen) atoms. The molecule has 1 heterocycles. The van der Waals surface area contributed by atoms with Crippen LogP contribution < -0.4 is 0 Å². The third-order valence-corrected chi connectivity index (χ3v) is 3.43. The highest BCUT2D eigenvalue weighted by Crippen LogP contribution is 2.21. The van der Waals surface area contributed by atoms with E-state index in [1.807, 2.05) is 6.07 Å². The summed E-state index contributed by atoms with van der Waals surface area (Å²) in [6, 6.07) is 8.76. The van der Waals surface area contributed by atoms with E-state index >= 15 is 0 Å². The lowest BCUT2D eigenvalue weighted by molar-refractivity contribution is 0.0762. The summed E-state index contributed by atoms with van der Waals surface area (Å²) < 4.78 is 0. The molecule has 0 radical (unpaired) electrons. The fourth-order valence-corrected chi connectivity index (χ4v) is 2.27. The van der Waals surface area contributed by atoms with Gasteiger partial charge in [0.1, 0.15) is 0 Å². The molecule has 4 nitrogen and oxygen atoms in total. The highest BCUT2D eigenvalue weighted by molar-refractivity contribution is 5.94. The van der Waals surface area contributed by atoms with Crippen LogP contribution in [0.3, 0.4) is 0 Å². The topological polar surface area (TPSA) is 64.3 Å². The maximum Gasteiger partial charge on any atom is 0.253 e. The zero-order valence-electron chi connectivity index (χ0n) is 10.3. The van der Waals surface area contributed by atoms with E-state index in [4.69, 9.17) is 5.26 Å². The Morgan fingerprint density at radius 1 is 1.61 bits per heavy atom. The molecule has 0 aromatic heterocycles. The molecule has 2 rings (SSSR count). The molecule has 1 aliphatic heterocycles. The van der Waals surface area contributed by atoms with Gasteiger partial charge in [0.15, 0.2) is 0 Å². The first kappa shape index (κ1) is 12.6. The minimum Gasteiger partial charge on any atom is -0.393 e. The molecule has 0 spiro atoms. The molecule has 2 unspecified atom stereocenters. The molecule has 0 bridgehead atoms. The average molecular weight is 244 g/mol. The lowest BCUT2D eigenvalue weighted by atomic mass is 10.0. The zero-order valence-corrected chi connectivity index (χ0v) is 10.3. The van der Waals surface area contributed by atoms with E-state index in [1.165, 1.54) is 0 Å². The van der Waals surface area contributed by atoms with Gasteiger partial charge in [0, 0.05) is 24.6 Å². The third-order valence-electron chi connectivity index (χ3n) is 3.43. The number of nitriles is 1. The number of aliphatic hydroxyl groups excluding tert-OH is 1. The minimum atomic E-state index is -0.381. The quantitative estimate of drug-likeness (QED) is 0.855. The first-order valence-corrected chi connectivity index (χ1v) is 6.09. The second-order valence-corrected chi connectivity index (χ2v) is 4.73. The van der Waals surface area contributed by atoms with E-state index in [2.05, 4.69) is 0 Å². The number of nitrogens with zero attached hydrogens (tertiary/aromatic N) is 2. The Labute approximate surface area is 106 Å². The molecular weight excluding hydrogens is 228 g/mol. The van der Waals surface area contributed by atoms with E-state index in [0.717, 1.165) is 6.42 Å².